The number of rotatable bonds is 4. The van der Waals surface area contributed by atoms with Crippen LogP contribution >= 0.6 is 0 Å². The van der Waals surface area contributed by atoms with Crippen molar-refractivity contribution in [1.82, 2.24) is 15.1 Å². The van der Waals surface area contributed by atoms with Gasteiger partial charge in [0, 0.05) is 24.3 Å². The number of amides is 2. The van der Waals surface area contributed by atoms with Crippen molar-refractivity contribution >= 4 is 11.7 Å². The Kier molecular flexibility index (Phi) is 6.37. The van der Waals surface area contributed by atoms with Crippen molar-refractivity contribution in [3.8, 4) is 11.5 Å². The van der Waals surface area contributed by atoms with Gasteiger partial charge in [-0.05, 0) is 43.7 Å². The molecule has 3 aromatic rings. The molecule has 1 aliphatic rings. The standard InChI is InChI=1S/C23H23F3N4O3/c1-15-12-29(13-16(2)32-15)22(31)30(19-6-4-3-5-7-19)14-17-8-10-18(11-9-17)20-27-28-21(33-20)23(24,25)26/h3-11,15-16H,12-14H2,1-2H3. The average Bonchev–Trinajstić information content (AvgIpc) is 3.28. The number of urea groups is 1. The molecule has 1 saturated heterocycles. The van der Waals surface area contributed by atoms with E-state index in [0.717, 1.165) is 11.3 Å². The van der Waals surface area contributed by atoms with Crippen LogP contribution in [0.2, 0.25) is 0 Å². The smallest absolute Gasteiger partial charge is 0.413 e. The molecule has 2 atom stereocenters. The Balaban J connectivity index is 1.55. The van der Waals surface area contributed by atoms with E-state index in [1.807, 2.05) is 44.2 Å². The van der Waals surface area contributed by atoms with E-state index in [0.29, 0.717) is 18.7 Å². The van der Waals surface area contributed by atoms with E-state index in [2.05, 4.69) is 10.2 Å². The fourth-order valence-corrected chi connectivity index (χ4v) is 3.77. The molecule has 2 amide bonds. The molecule has 0 N–H and O–H groups in total. The van der Waals surface area contributed by atoms with Gasteiger partial charge >= 0.3 is 18.1 Å². The van der Waals surface area contributed by atoms with Crippen molar-refractivity contribution in [2.45, 2.75) is 38.8 Å². The molecule has 0 saturated carbocycles. The van der Waals surface area contributed by atoms with Crippen molar-refractivity contribution in [2.24, 2.45) is 0 Å². The molecular weight excluding hydrogens is 437 g/mol. The summed E-state index contributed by atoms with van der Waals surface area (Å²) in [4.78, 5) is 16.9. The zero-order valence-corrected chi connectivity index (χ0v) is 18.1. The second kappa shape index (κ2) is 9.22. The average molecular weight is 460 g/mol. The molecule has 0 aliphatic carbocycles. The molecule has 1 aromatic heterocycles. The first kappa shape index (κ1) is 22.8. The molecule has 174 valence electrons. The van der Waals surface area contributed by atoms with Gasteiger partial charge in [-0.1, -0.05) is 30.3 Å². The summed E-state index contributed by atoms with van der Waals surface area (Å²) in [6.07, 6.45) is -4.83. The number of morpholine rings is 1. The molecule has 10 heteroatoms. The highest BCUT2D eigenvalue weighted by molar-refractivity contribution is 5.92. The maximum absolute atomic E-state index is 13.4. The molecule has 2 unspecified atom stereocenters. The molecule has 0 bridgehead atoms. The number of hydrogen-bond donors (Lipinski definition) is 0. The molecular formula is C23H23F3N4O3. The molecule has 1 aliphatic heterocycles. The topological polar surface area (TPSA) is 71.7 Å². The zero-order chi connectivity index (χ0) is 23.6. The Morgan fingerprint density at radius 2 is 1.67 bits per heavy atom. The number of benzene rings is 2. The molecule has 4 rings (SSSR count). The Morgan fingerprint density at radius 3 is 2.24 bits per heavy atom. The van der Waals surface area contributed by atoms with Gasteiger partial charge in [-0.3, -0.25) is 4.90 Å². The number of carbonyl (C=O) groups excluding carboxylic acids is 1. The maximum Gasteiger partial charge on any atom is 0.470 e. The second-order valence-corrected chi connectivity index (χ2v) is 7.97. The van der Waals surface area contributed by atoms with E-state index in [1.165, 1.54) is 0 Å². The van der Waals surface area contributed by atoms with Crippen molar-refractivity contribution in [3.63, 3.8) is 0 Å². The number of carbonyl (C=O) groups is 1. The van der Waals surface area contributed by atoms with E-state index in [4.69, 9.17) is 9.15 Å². The minimum Gasteiger partial charge on any atom is -0.413 e. The first-order valence-electron chi connectivity index (χ1n) is 10.5. The van der Waals surface area contributed by atoms with Gasteiger partial charge in [0.25, 0.3) is 0 Å². The molecule has 7 nitrogen and oxygen atoms in total. The highest BCUT2D eigenvalue weighted by Gasteiger charge is 2.38. The van der Waals surface area contributed by atoms with Crippen LogP contribution in [-0.4, -0.2) is 46.4 Å². The summed E-state index contributed by atoms with van der Waals surface area (Å²) in [6, 6.07) is 15.8. The monoisotopic (exact) mass is 460 g/mol. The largest absolute Gasteiger partial charge is 0.470 e. The number of aromatic nitrogens is 2. The minimum atomic E-state index is -4.70. The number of nitrogens with zero attached hydrogens (tertiary/aromatic N) is 4. The highest BCUT2D eigenvalue weighted by atomic mass is 19.4. The fraction of sp³-hybridized carbons (Fsp3) is 0.348. The van der Waals surface area contributed by atoms with Crippen molar-refractivity contribution < 1.29 is 27.1 Å². The Morgan fingerprint density at radius 1 is 1.03 bits per heavy atom. The van der Waals surface area contributed by atoms with Crippen molar-refractivity contribution in [1.29, 1.82) is 0 Å². The molecule has 1 fully saturated rings. The minimum absolute atomic E-state index is 0.0643. The summed E-state index contributed by atoms with van der Waals surface area (Å²) in [6.45, 7) is 5.13. The molecule has 2 aromatic carbocycles. The molecule has 0 spiro atoms. The van der Waals surface area contributed by atoms with Gasteiger partial charge in [-0.25, -0.2) is 4.79 Å². The number of ether oxygens (including phenoxy) is 1. The molecule has 0 radical (unpaired) electrons. The van der Waals surface area contributed by atoms with Crippen LogP contribution in [0.4, 0.5) is 23.7 Å². The molecule has 2 heterocycles. The lowest BCUT2D eigenvalue weighted by Crippen LogP contribution is -2.52. The van der Waals surface area contributed by atoms with Crippen molar-refractivity contribution in [3.05, 3.63) is 66.1 Å². The van der Waals surface area contributed by atoms with Gasteiger partial charge < -0.3 is 14.1 Å². The summed E-state index contributed by atoms with van der Waals surface area (Å²) in [5, 5.41) is 6.53. The van der Waals surface area contributed by atoms with E-state index < -0.39 is 12.1 Å². The van der Waals surface area contributed by atoms with Gasteiger partial charge in [-0.15, -0.1) is 10.2 Å². The third-order valence-corrected chi connectivity index (χ3v) is 5.20. The van der Waals surface area contributed by atoms with Gasteiger partial charge in [0.2, 0.25) is 5.89 Å². The Hall–Kier alpha value is -3.40. The predicted octanol–water partition coefficient (Wildman–Crippen LogP) is 4.99. The summed E-state index contributed by atoms with van der Waals surface area (Å²) in [7, 11) is 0. The highest BCUT2D eigenvalue weighted by Crippen LogP contribution is 2.30. The Labute approximate surface area is 188 Å². The first-order chi connectivity index (χ1) is 15.7. The Bertz CT molecular complexity index is 1080. The van der Waals surface area contributed by atoms with E-state index in [1.54, 1.807) is 34.1 Å². The normalized spacial score (nSPS) is 18.9. The van der Waals surface area contributed by atoms with Crippen LogP contribution in [0.1, 0.15) is 25.3 Å². The lowest BCUT2D eigenvalue weighted by molar-refractivity contribution is -0.156. The van der Waals surface area contributed by atoms with Crippen LogP contribution in [0.25, 0.3) is 11.5 Å². The number of alkyl halides is 3. The third kappa shape index (κ3) is 5.33. The summed E-state index contributed by atoms with van der Waals surface area (Å²) < 4.78 is 48.6. The quantitative estimate of drug-likeness (QED) is 0.549. The van der Waals surface area contributed by atoms with Crippen molar-refractivity contribution in [2.75, 3.05) is 18.0 Å². The summed E-state index contributed by atoms with van der Waals surface area (Å²) in [5.74, 6) is -1.61. The van der Waals surface area contributed by atoms with Crippen LogP contribution < -0.4 is 4.90 Å². The summed E-state index contributed by atoms with van der Waals surface area (Å²) >= 11 is 0. The zero-order valence-electron chi connectivity index (χ0n) is 18.1. The number of halogens is 3. The number of hydrogen-bond acceptors (Lipinski definition) is 5. The van der Waals surface area contributed by atoms with Crippen LogP contribution in [-0.2, 0) is 17.5 Å². The summed E-state index contributed by atoms with van der Waals surface area (Å²) in [5.41, 5.74) is 1.89. The second-order valence-electron chi connectivity index (χ2n) is 7.97. The lowest BCUT2D eigenvalue weighted by Gasteiger charge is -2.38. The van der Waals surface area contributed by atoms with Gasteiger partial charge in [0.1, 0.15) is 0 Å². The first-order valence-corrected chi connectivity index (χ1v) is 10.5. The van der Waals surface area contributed by atoms with E-state index >= 15 is 0 Å². The lowest BCUT2D eigenvalue weighted by atomic mass is 10.1. The number of para-hydroxylation sites is 1. The van der Waals surface area contributed by atoms with E-state index in [9.17, 15) is 18.0 Å². The fourth-order valence-electron chi connectivity index (χ4n) is 3.77. The maximum atomic E-state index is 13.4. The van der Waals surface area contributed by atoms with Gasteiger partial charge in [0.05, 0.1) is 18.8 Å². The van der Waals surface area contributed by atoms with Gasteiger partial charge in [0.15, 0.2) is 0 Å². The predicted molar refractivity (Wildman–Crippen MR) is 114 cm³/mol. The molecule has 33 heavy (non-hydrogen) atoms. The number of anilines is 1. The SMILES string of the molecule is CC1CN(C(=O)N(Cc2ccc(-c3nnc(C(F)(F)F)o3)cc2)c2ccccc2)CC(C)O1. The third-order valence-electron chi connectivity index (χ3n) is 5.20. The van der Waals surface area contributed by atoms with E-state index in [-0.39, 0.29) is 30.7 Å². The van der Waals surface area contributed by atoms with Crippen LogP contribution in [0.15, 0.2) is 59.0 Å². The van der Waals surface area contributed by atoms with Crippen LogP contribution in [0.5, 0.6) is 0 Å². The van der Waals surface area contributed by atoms with Crippen LogP contribution in [0.3, 0.4) is 0 Å². The van der Waals surface area contributed by atoms with Gasteiger partial charge in [-0.2, -0.15) is 13.2 Å². The van der Waals surface area contributed by atoms with Crippen LogP contribution in [0, 0.1) is 0 Å².